The van der Waals surface area contributed by atoms with Crippen LogP contribution in [-0.2, 0) is 0 Å². The van der Waals surface area contributed by atoms with Crippen LogP contribution < -0.4 is 16.4 Å². The monoisotopic (exact) mass is 826 g/mol. The van der Waals surface area contributed by atoms with Crippen LogP contribution >= 0.6 is 0 Å². The van der Waals surface area contributed by atoms with Crippen molar-refractivity contribution in [3.63, 3.8) is 0 Å². The molecule has 2 amide bonds. The first kappa shape index (κ1) is 43.7. The maximum Gasteiger partial charge on any atom is 0.251 e. The number of benzene rings is 6. The summed E-state index contributed by atoms with van der Waals surface area (Å²) in [6.07, 6.45) is 3.83. The number of hydrogen-bond donors (Lipinski definition) is 3. The predicted octanol–water partition coefficient (Wildman–Crippen LogP) is 10.8. The number of carbonyl (C=O) groups is 2. The molecule has 8 nitrogen and oxygen atoms in total. The summed E-state index contributed by atoms with van der Waals surface area (Å²) in [6.45, 7) is 8.06. The summed E-state index contributed by atoms with van der Waals surface area (Å²) in [4.78, 5) is 34.8. The van der Waals surface area contributed by atoms with Crippen LogP contribution in [0.15, 0.2) is 182 Å². The van der Waals surface area contributed by atoms with Gasteiger partial charge in [0.25, 0.3) is 11.8 Å². The molecular weight excluding hydrogens is 769 g/mol. The summed E-state index contributed by atoms with van der Waals surface area (Å²) >= 11 is 0. The molecule has 318 valence electrons. The van der Waals surface area contributed by atoms with Gasteiger partial charge in [0.2, 0.25) is 5.54 Å². The summed E-state index contributed by atoms with van der Waals surface area (Å²) in [7, 11) is 0. The first-order valence-corrected chi connectivity index (χ1v) is 21.6. The Morgan fingerprint density at radius 3 is 1.02 bits per heavy atom. The van der Waals surface area contributed by atoms with E-state index in [0.717, 1.165) is 36.0 Å². The fraction of sp³-hybridized carbons (Fsp3) is 0.296. The van der Waals surface area contributed by atoms with E-state index in [2.05, 4.69) is 79.9 Å². The Bertz CT molecular complexity index is 2310. The lowest BCUT2D eigenvalue weighted by Gasteiger charge is -2.14. The molecular formula is C54H58N4O4. The summed E-state index contributed by atoms with van der Waals surface area (Å²) in [5.41, 5.74) is 11.6. The second-order valence-electron chi connectivity index (χ2n) is 18.3. The molecule has 6 aromatic rings. The van der Waals surface area contributed by atoms with Crippen LogP contribution in [0.1, 0.15) is 120 Å². The quantitative estimate of drug-likeness (QED) is 0.0988. The largest absolute Gasteiger partial charge is 0.346 e. The SMILES string of the molecule is CC1(N)CC1c1ccccc1.CC1(NC(=O)c2ccccc2)CC1c1ccccc1.CC1(NC(=O)c2ccccc2)CC1c1ccccc1.CC1([N+](=O)[O-])CC1c1ccccc1. The standard InChI is InChI=1S/2C17H17NO.C10H11NO2.C10H13N/c2*1-17(12-15(17)13-8-4-2-5-9-13)18-16(19)14-10-6-3-7-11-14;1-10(11(12)13)7-9(10)8-5-3-2-4-6-8;1-10(11)7-9(10)8-5-3-2-4-6-8/h2*2-11,15H,12H2,1H3,(H,18,19);2-6,9H,7H2,1H3;2-6,9H,7,11H2,1H3. The Labute approximate surface area is 366 Å². The van der Waals surface area contributed by atoms with E-state index in [4.69, 9.17) is 5.73 Å². The number of amides is 2. The Morgan fingerprint density at radius 2 is 0.742 bits per heavy atom. The van der Waals surface area contributed by atoms with Crippen molar-refractivity contribution >= 4 is 11.8 Å². The third kappa shape index (κ3) is 10.7. The molecule has 6 aromatic carbocycles. The fourth-order valence-corrected chi connectivity index (χ4v) is 8.47. The van der Waals surface area contributed by atoms with E-state index in [1.54, 1.807) is 6.92 Å². The van der Waals surface area contributed by atoms with Crippen molar-refractivity contribution in [1.29, 1.82) is 0 Å². The van der Waals surface area contributed by atoms with Gasteiger partial charge in [0.15, 0.2) is 0 Å². The average molecular weight is 827 g/mol. The number of carbonyl (C=O) groups excluding carboxylic acids is 2. The molecule has 0 bridgehead atoms. The van der Waals surface area contributed by atoms with Crippen LogP contribution in [0.5, 0.6) is 0 Å². The van der Waals surface area contributed by atoms with E-state index in [1.807, 2.05) is 133 Å². The molecule has 8 unspecified atom stereocenters. The highest BCUT2D eigenvalue weighted by Crippen LogP contribution is 2.54. The highest BCUT2D eigenvalue weighted by molar-refractivity contribution is 5.95. The molecule has 62 heavy (non-hydrogen) atoms. The van der Waals surface area contributed by atoms with Gasteiger partial charge in [0, 0.05) is 63.8 Å². The van der Waals surface area contributed by atoms with E-state index < -0.39 is 5.54 Å². The lowest BCUT2D eigenvalue weighted by Crippen LogP contribution is -2.35. The lowest BCUT2D eigenvalue weighted by atomic mass is 10.1. The first-order valence-electron chi connectivity index (χ1n) is 21.6. The predicted molar refractivity (Wildman–Crippen MR) is 248 cm³/mol. The van der Waals surface area contributed by atoms with Gasteiger partial charge >= 0.3 is 0 Å². The van der Waals surface area contributed by atoms with Crippen molar-refractivity contribution in [3.05, 3.63) is 225 Å². The zero-order chi connectivity index (χ0) is 44.0. The van der Waals surface area contributed by atoms with Gasteiger partial charge < -0.3 is 16.4 Å². The zero-order valence-electron chi connectivity index (χ0n) is 36.1. The Kier molecular flexibility index (Phi) is 12.9. The summed E-state index contributed by atoms with van der Waals surface area (Å²) in [5.74, 6) is 1.61. The minimum atomic E-state index is -0.707. The molecule has 4 aliphatic rings. The molecule has 4 fully saturated rings. The summed E-state index contributed by atoms with van der Waals surface area (Å²) < 4.78 is 0. The van der Waals surface area contributed by atoms with Crippen LogP contribution in [0.3, 0.4) is 0 Å². The van der Waals surface area contributed by atoms with Crippen molar-refractivity contribution in [2.24, 2.45) is 5.73 Å². The van der Waals surface area contributed by atoms with Crippen molar-refractivity contribution in [2.45, 2.75) is 99.2 Å². The topological polar surface area (TPSA) is 127 Å². The van der Waals surface area contributed by atoms with Crippen LogP contribution in [0.2, 0.25) is 0 Å². The van der Waals surface area contributed by atoms with E-state index in [0.29, 0.717) is 24.2 Å². The van der Waals surface area contributed by atoms with E-state index in [1.165, 1.54) is 16.7 Å². The van der Waals surface area contributed by atoms with Gasteiger partial charge in [-0.3, -0.25) is 19.7 Å². The number of nitrogens with zero attached hydrogens (tertiary/aromatic N) is 1. The van der Waals surface area contributed by atoms with Gasteiger partial charge in [-0.2, -0.15) is 0 Å². The maximum atomic E-state index is 12.2. The summed E-state index contributed by atoms with van der Waals surface area (Å²) in [5, 5.41) is 17.0. The Balaban J connectivity index is 0.000000127. The minimum absolute atomic E-state index is 0.0153. The van der Waals surface area contributed by atoms with Crippen LogP contribution in [0, 0.1) is 10.1 Å². The smallest absolute Gasteiger partial charge is 0.251 e. The molecule has 8 atom stereocenters. The third-order valence-corrected chi connectivity index (χ3v) is 13.1. The summed E-state index contributed by atoms with van der Waals surface area (Å²) in [6, 6.07) is 59.7. The molecule has 4 saturated carbocycles. The second-order valence-corrected chi connectivity index (χ2v) is 18.3. The Hall–Kier alpha value is -6.38. The van der Waals surface area contributed by atoms with Crippen molar-refractivity contribution < 1.29 is 14.5 Å². The molecule has 0 radical (unpaired) electrons. The first-order chi connectivity index (χ1) is 29.7. The van der Waals surface area contributed by atoms with Gasteiger partial charge in [-0.25, -0.2) is 0 Å². The van der Waals surface area contributed by atoms with Gasteiger partial charge in [0.1, 0.15) is 0 Å². The molecule has 0 heterocycles. The van der Waals surface area contributed by atoms with E-state index in [9.17, 15) is 19.7 Å². The van der Waals surface area contributed by atoms with Crippen molar-refractivity contribution in [2.75, 3.05) is 0 Å². The number of nitrogens with one attached hydrogen (secondary N) is 2. The highest BCUT2D eigenvalue weighted by atomic mass is 16.6. The van der Waals surface area contributed by atoms with Gasteiger partial charge in [-0.1, -0.05) is 158 Å². The van der Waals surface area contributed by atoms with Crippen LogP contribution in [0.25, 0.3) is 0 Å². The highest BCUT2D eigenvalue weighted by Gasteiger charge is 2.62. The van der Waals surface area contributed by atoms with Crippen LogP contribution in [0.4, 0.5) is 0 Å². The molecule has 0 aliphatic heterocycles. The lowest BCUT2D eigenvalue weighted by molar-refractivity contribution is -0.535. The molecule has 0 aromatic heterocycles. The van der Waals surface area contributed by atoms with Gasteiger partial charge in [-0.05, 0) is 86.6 Å². The molecule has 4 N–H and O–H groups in total. The fourth-order valence-electron chi connectivity index (χ4n) is 8.47. The molecule has 10 rings (SSSR count). The molecule has 8 heteroatoms. The molecule has 4 aliphatic carbocycles. The number of nitro groups is 1. The third-order valence-electron chi connectivity index (χ3n) is 13.1. The van der Waals surface area contributed by atoms with Crippen molar-refractivity contribution in [3.8, 4) is 0 Å². The van der Waals surface area contributed by atoms with E-state index in [-0.39, 0.29) is 39.3 Å². The second kappa shape index (κ2) is 18.3. The van der Waals surface area contributed by atoms with Gasteiger partial charge in [0.05, 0.1) is 5.92 Å². The number of nitrogens with two attached hydrogens (primary N) is 1. The van der Waals surface area contributed by atoms with Gasteiger partial charge in [-0.15, -0.1) is 0 Å². The average Bonchev–Trinajstić information content (AvgIpc) is 4.25. The molecule has 0 saturated heterocycles. The van der Waals surface area contributed by atoms with Crippen molar-refractivity contribution in [1.82, 2.24) is 10.6 Å². The maximum absolute atomic E-state index is 12.2. The molecule has 0 spiro atoms. The van der Waals surface area contributed by atoms with E-state index >= 15 is 0 Å². The minimum Gasteiger partial charge on any atom is -0.346 e. The normalized spacial score (nSPS) is 28.0. The zero-order valence-corrected chi connectivity index (χ0v) is 36.1. The number of rotatable bonds is 9. The number of hydrogen-bond acceptors (Lipinski definition) is 5. The Morgan fingerprint density at radius 1 is 0.468 bits per heavy atom. The van der Waals surface area contributed by atoms with Crippen LogP contribution in [-0.4, -0.2) is 38.9 Å².